The van der Waals surface area contributed by atoms with Crippen LogP contribution in [0.5, 0.6) is 5.75 Å². The molecule has 0 aliphatic carbocycles. The summed E-state index contributed by atoms with van der Waals surface area (Å²) in [6.07, 6.45) is 1.61. The maximum absolute atomic E-state index is 12.4. The molecule has 0 saturated carbocycles. The maximum Gasteiger partial charge on any atom is 0.330 e. The summed E-state index contributed by atoms with van der Waals surface area (Å²) in [5.41, 5.74) is 1.23. The second kappa shape index (κ2) is 14.9. The number of rotatable bonds is 16. The highest BCUT2D eigenvalue weighted by Gasteiger charge is 2.08. The van der Waals surface area contributed by atoms with Gasteiger partial charge in [0.05, 0.1) is 33.0 Å². The Morgan fingerprint density at radius 2 is 1.50 bits per heavy atom. The molecule has 0 fully saturated rings. The van der Waals surface area contributed by atoms with E-state index >= 15 is 0 Å². The monoisotopic (exact) mass is 444 g/mol. The molecule has 0 spiro atoms. The number of carbonyl (C=O) groups excluding carboxylic acids is 2. The lowest BCUT2D eigenvalue weighted by molar-refractivity contribution is -0.266. The lowest BCUT2D eigenvalue weighted by Crippen LogP contribution is -2.21. The maximum atomic E-state index is 12.4. The summed E-state index contributed by atoms with van der Waals surface area (Å²) in [7, 11) is 0. The van der Waals surface area contributed by atoms with Gasteiger partial charge in [-0.15, -0.1) is 0 Å². The van der Waals surface area contributed by atoms with E-state index < -0.39 is 12.4 Å². The Labute approximate surface area is 187 Å². The van der Waals surface area contributed by atoms with Crippen molar-refractivity contribution in [2.45, 2.75) is 12.9 Å². The summed E-state index contributed by atoms with van der Waals surface area (Å²) >= 11 is 0. The minimum Gasteiger partial charge on any atom is -0.494 e. The van der Waals surface area contributed by atoms with E-state index in [0.717, 1.165) is 6.08 Å². The Morgan fingerprint density at radius 3 is 2.22 bits per heavy atom. The summed E-state index contributed by atoms with van der Waals surface area (Å²) in [6, 6.07) is 16.0. The Bertz CT molecular complexity index is 820. The van der Waals surface area contributed by atoms with Crippen molar-refractivity contribution in [1.29, 1.82) is 0 Å². The van der Waals surface area contributed by atoms with Crippen LogP contribution in [0.3, 0.4) is 0 Å². The second-order valence-electron chi connectivity index (χ2n) is 6.45. The number of aliphatic hydroxyl groups is 1. The van der Waals surface area contributed by atoms with E-state index in [1.807, 2.05) is 18.2 Å². The van der Waals surface area contributed by atoms with Gasteiger partial charge in [0, 0.05) is 23.6 Å². The van der Waals surface area contributed by atoms with Crippen LogP contribution < -0.4 is 4.74 Å². The highest BCUT2D eigenvalue weighted by Crippen LogP contribution is 2.15. The summed E-state index contributed by atoms with van der Waals surface area (Å²) < 4.78 is 25.7. The summed E-state index contributed by atoms with van der Waals surface area (Å²) in [6.45, 7) is 3.23. The molecular formula is C24H28O8. The Kier molecular flexibility index (Phi) is 11.7. The lowest BCUT2D eigenvalue weighted by atomic mass is 10.0. The zero-order valence-corrected chi connectivity index (χ0v) is 17.8. The average molecular weight is 444 g/mol. The van der Waals surface area contributed by atoms with E-state index in [2.05, 4.69) is 6.58 Å². The van der Waals surface area contributed by atoms with E-state index in [0.29, 0.717) is 29.9 Å². The van der Waals surface area contributed by atoms with Crippen LogP contribution in [0, 0.1) is 0 Å². The van der Waals surface area contributed by atoms with Crippen molar-refractivity contribution in [2.75, 3.05) is 39.6 Å². The van der Waals surface area contributed by atoms with E-state index in [9.17, 15) is 14.7 Å². The lowest BCUT2D eigenvalue weighted by Gasteiger charge is -2.13. The van der Waals surface area contributed by atoms with Crippen LogP contribution in [-0.4, -0.2) is 63.0 Å². The van der Waals surface area contributed by atoms with E-state index in [-0.39, 0.29) is 38.8 Å². The van der Waals surface area contributed by atoms with Gasteiger partial charge in [0.15, 0.2) is 5.78 Å². The van der Waals surface area contributed by atoms with Gasteiger partial charge in [0.2, 0.25) is 0 Å². The molecule has 2 aromatic carbocycles. The number of hydrogen-bond acceptors (Lipinski definition) is 8. The first-order chi connectivity index (χ1) is 15.6. The van der Waals surface area contributed by atoms with Crippen LogP contribution in [0.1, 0.15) is 22.3 Å². The standard InChI is InChI=1S/C24H28O8/c1-2-22(25)30-17-15-28-16-18-32-24(27)31-14-6-13-29-21-11-9-20(10-12-21)23(26)19-7-4-3-5-8-19/h2-5,7-12,24,27H,1,6,13-18H2. The number of hydrogen-bond donors (Lipinski definition) is 1. The van der Waals surface area contributed by atoms with Crippen LogP contribution in [0.4, 0.5) is 0 Å². The smallest absolute Gasteiger partial charge is 0.330 e. The molecular weight excluding hydrogens is 416 g/mol. The molecule has 0 bridgehead atoms. The zero-order valence-electron chi connectivity index (χ0n) is 17.8. The van der Waals surface area contributed by atoms with Gasteiger partial charge in [-0.25, -0.2) is 4.79 Å². The largest absolute Gasteiger partial charge is 0.494 e. The van der Waals surface area contributed by atoms with E-state index in [1.54, 1.807) is 36.4 Å². The van der Waals surface area contributed by atoms with Crippen molar-refractivity contribution in [1.82, 2.24) is 0 Å². The van der Waals surface area contributed by atoms with Crippen molar-refractivity contribution in [3.05, 3.63) is 78.4 Å². The Hall–Kier alpha value is -3.04. The number of ether oxygens (including phenoxy) is 5. The van der Waals surface area contributed by atoms with Crippen LogP contribution in [0.25, 0.3) is 0 Å². The van der Waals surface area contributed by atoms with Gasteiger partial charge in [-0.3, -0.25) is 4.79 Å². The van der Waals surface area contributed by atoms with Crippen LogP contribution in [0.2, 0.25) is 0 Å². The van der Waals surface area contributed by atoms with Crippen molar-refractivity contribution in [3.8, 4) is 5.75 Å². The van der Waals surface area contributed by atoms with Gasteiger partial charge in [-0.2, -0.15) is 0 Å². The third-order valence-corrected chi connectivity index (χ3v) is 4.10. The molecule has 1 N–H and O–H groups in total. The SMILES string of the molecule is C=CC(=O)OCCOCCOC(O)OCCCOc1ccc(C(=O)c2ccccc2)cc1. The van der Waals surface area contributed by atoms with E-state index in [1.165, 1.54) is 0 Å². The molecule has 0 aliphatic heterocycles. The Morgan fingerprint density at radius 1 is 0.844 bits per heavy atom. The van der Waals surface area contributed by atoms with Gasteiger partial charge >= 0.3 is 5.97 Å². The van der Waals surface area contributed by atoms with Crippen LogP contribution in [0.15, 0.2) is 67.3 Å². The molecule has 0 aliphatic rings. The molecule has 8 heteroatoms. The average Bonchev–Trinajstić information content (AvgIpc) is 2.83. The quantitative estimate of drug-likeness (QED) is 0.139. The zero-order chi connectivity index (χ0) is 23.0. The van der Waals surface area contributed by atoms with Gasteiger partial charge < -0.3 is 28.8 Å². The topological polar surface area (TPSA) is 101 Å². The first kappa shape index (κ1) is 25.2. The second-order valence-corrected chi connectivity index (χ2v) is 6.45. The van der Waals surface area contributed by atoms with Gasteiger partial charge in [0.25, 0.3) is 6.48 Å². The fourth-order valence-electron chi connectivity index (χ4n) is 2.51. The molecule has 1 atom stereocenters. The minimum absolute atomic E-state index is 0.0407. The van der Waals surface area contributed by atoms with Crippen LogP contribution >= 0.6 is 0 Å². The van der Waals surface area contributed by atoms with E-state index in [4.69, 9.17) is 23.7 Å². The van der Waals surface area contributed by atoms with Gasteiger partial charge in [0.1, 0.15) is 12.4 Å². The molecule has 0 saturated heterocycles. The highest BCUT2D eigenvalue weighted by molar-refractivity contribution is 6.08. The summed E-state index contributed by atoms with van der Waals surface area (Å²) in [4.78, 5) is 23.2. The number of aliphatic hydroxyl groups excluding tert-OH is 1. The molecule has 32 heavy (non-hydrogen) atoms. The number of ketones is 1. The first-order valence-electron chi connectivity index (χ1n) is 10.2. The van der Waals surface area contributed by atoms with Crippen molar-refractivity contribution in [2.24, 2.45) is 0 Å². The first-order valence-corrected chi connectivity index (χ1v) is 10.2. The highest BCUT2D eigenvalue weighted by atomic mass is 16.8. The number of esters is 1. The summed E-state index contributed by atoms with van der Waals surface area (Å²) in [5, 5.41) is 9.60. The minimum atomic E-state index is -1.36. The van der Waals surface area contributed by atoms with Crippen molar-refractivity contribution >= 4 is 11.8 Å². The molecule has 2 aromatic rings. The third kappa shape index (κ3) is 9.84. The van der Waals surface area contributed by atoms with Crippen molar-refractivity contribution in [3.63, 3.8) is 0 Å². The molecule has 0 radical (unpaired) electrons. The van der Waals surface area contributed by atoms with Crippen molar-refractivity contribution < 1.29 is 38.4 Å². The fraction of sp³-hybridized carbons (Fsp3) is 0.333. The predicted octanol–water partition coefficient (Wildman–Crippen LogP) is 2.74. The number of carbonyl (C=O) groups is 2. The Balaban J connectivity index is 1.51. The molecule has 0 aromatic heterocycles. The third-order valence-electron chi connectivity index (χ3n) is 4.10. The normalized spacial score (nSPS) is 11.5. The molecule has 1 unspecified atom stereocenters. The van der Waals surface area contributed by atoms with Gasteiger partial charge in [-0.1, -0.05) is 36.9 Å². The molecule has 8 nitrogen and oxygen atoms in total. The summed E-state index contributed by atoms with van der Waals surface area (Å²) in [5.74, 6) is 0.0937. The number of benzene rings is 2. The molecule has 172 valence electrons. The van der Waals surface area contributed by atoms with Gasteiger partial charge in [-0.05, 0) is 24.3 Å². The molecule has 0 amide bonds. The fourth-order valence-corrected chi connectivity index (χ4v) is 2.51. The van der Waals surface area contributed by atoms with Crippen LogP contribution in [-0.2, 0) is 23.7 Å². The predicted molar refractivity (Wildman–Crippen MR) is 116 cm³/mol. The molecule has 0 heterocycles. The molecule has 2 rings (SSSR count).